The van der Waals surface area contributed by atoms with Crippen molar-refractivity contribution in [3.8, 4) is 10.7 Å². The monoisotopic (exact) mass is 193 g/mol. The molecule has 0 fully saturated rings. The van der Waals surface area contributed by atoms with Crippen LogP contribution < -0.4 is 0 Å². The van der Waals surface area contributed by atoms with Crippen LogP contribution in [-0.2, 0) is 13.5 Å². The summed E-state index contributed by atoms with van der Waals surface area (Å²) in [6, 6.07) is 1.98. The molecule has 0 N–H and O–H groups in total. The van der Waals surface area contributed by atoms with Crippen LogP contribution in [0.1, 0.15) is 12.6 Å². The largest absolute Gasteiger partial charge is 0.275 e. The Hall–Kier alpha value is -1.16. The zero-order valence-corrected chi connectivity index (χ0v) is 8.51. The van der Waals surface area contributed by atoms with Crippen LogP contribution in [0.5, 0.6) is 0 Å². The Balaban J connectivity index is 2.35. The van der Waals surface area contributed by atoms with Gasteiger partial charge in [0.25, 0.3) is 0 Å². The van der Waals surface area contributed by atoms with Crippen LogP contribution in [0.2, 0.25) is 0 Å². The zero-order valence-electron chi connectivity index (χ0n) is 7.69. The maximum Gasteiger partial charge on any atom is 0.143 e. The molecule has 0 amide bonds. The standard InChI is InChI=1S/C9H11N3S/c1-3-7-6-13-9(10-7)8-4-5-12(2)11-8/h4-6H,3H2,1-2H3. The molecule has 0 aliphatic carbocycles. The summed E-state index contributed by atoms with van der Waals surface area (Å²) < 4.78 is 1.79. The summed E-state index contributed by atoms with van der Waals surface area (Å²) in [7, 11) is 1.91. The number of nitrogens with zero attached hydrogens (tertiary/aromatic N) is 3. The molecule has 2 rings (SSSR count). The second kappa shape index (κ2) is 3.30. The van der Waals surface area contributed by atoms with Gasteiger partial charge < -0.3 is 0 Å². The molecule has 13 heavy (non-hydrogen) atoms. The summed E-state index contributed by atoms with van der Waals surface area (Å²) in [4.78, 5) is 4.46. The first-order valence-corrected chi connectivity index (χ1v) is 5.12. The highest BCUT2D eigenvalue weighted by Crippen LogP contribution is 2.21. The minimum atomic E-state index is 0.965. The molecule has 0 radical (unpaired) electrons. The minimum Gasteiger partial charge on any atom is -0.275 e. The van der Waals surface area contributed by atoms with Gasteiger partial charge in [-0.25, -0.2) is 4.98 Å². The first-order chi connectivity index (χ1) is 6.29. The van der Waals surface area contributed by atoms with Crippen molar-refractivity contribution >= 4 is 11.3 Å². The number of aryl methyl sites for hydroxylation is 2. The van der Waals surface area contributed by atoms with Gasteiger partial charge in [0.1, 0.15) is 10.7 Å². The molecule has 68 valence electrons. The number of rotatable bonds is 2. The van der Waals surface area contributed by atoms with Gasteiger partial charge in [-0.1, -0.05) is 6.92 Å². The van der Waals surface area contributed by atoms with Crippen molar-refractivity contribution in [3.05, 3.63) is 23.3 Å². The molecule has 0 bridgehead atoms. The molecule has 0 unspecified atom stereocenters. The molecule has 0 atom stereocenters. The van der Waals surface area contributed by atoms with E-state index in [1.807, 2.05) is 19.3 Å². The summed E-state index contributed by atoms with van der Waals surface area (Å²) in [5.74, 6) is 0. The molecule has 4 heteroatoms. The van der Waals surface area contributed by atoms with Gasteiger partial charge in [0.05, 0.1) is 5.69 Å². The van der Waals surface area contributed by atoms with Crippen molar-refractivity contribution in [1.82, 2.24) is 14.8 Å². The first kappa shape index (κ1) is 8.44. The van der Waals surface area contributed by atoms with Crippen molar-refractivity contribution < 1.29 is 0 Å². The lowest BCUT2D eigenvalue weighted by atomic mass is 10.4. The second-order valence-electron chi connectivity index (χ2n) is 2.87. The summed E-state index contributed by atoms with van der Waals surface area (Å²) in [5.41, 5.74) is 2.11. The predicted octanol–water partition coefficient (Wildman–Crippen LogP) is 2.11. The fraction of sp³-hybridized carbons (Fsp3) is 0.333. The fourth-order valence-corrected chi connectivity index (χ4v) is 1.98. The number of hydrogen-bond acceptors (Lipinski definition) is 3. The van der Waals surface area contributed by atoms with Gasteiger partial charge in [0.2, 0.25) is 0 Å². The smallest absolute Gasteiger partial charge is 0.143 e. The van der Waals surface area contributed by atoms with E-state index in [9.17, 15) is 0 Å². The Morgan fingerprint density at radius 2 is 2.38 bits per heavy atom. The van der Waals surface area contributed by atoms with E-state index in [-0.39, 0.29) is 0 Å². The molecule has 0 aliphatic rings. The van der Waals surface area contributed by atoms with Crippen molar-refractivity contribution in [2.75, 3.05) is 0 Å². The van der Waals surface area contributed by atoms with E-state index in [0.29, 0.717) is 0 Å². The summed E-state index contributed by atoms with van der Waals surface area (Å²) in [6.07, 6.45) is 2.92. The first-order valence-electron chi connectivity index (χ1n) is 4.24. The Morgan fingerprint density at radius 1 is 1.54 bits per heavy atom. The maximum atomic E-state index is 4.46. The van der Waals surface area contributed by atoms with Gasteiger partial charge in [-0.05, 0) is 12.5 Å². The Bertz CT molecular complexity index is 402. The fourth-order valence-electron chi connectivity index (χ4n) is 1.12. The molecule has 0 spiro atoms. The Kier molecular flexibility index (Phi) is 2.14. The summed E-state index contributed by atoms with van der Waals surface area (Å²) in [5, 5.41) is 7.39. The van der Waals surface area contributed by atoms with E-state index in [4.69, 9.17) is 0 Å². The highest BCUT2D eigenvalue weighted by atomic mass is 32.1. The van der Waals surface area contributed by atoms with E-state index in [2.05, 4.69) is 22.4 Å². The highest BCUT2D eigenvalue weighted by Gasteiger charge is 2.05. The summed E-state index contributed by atoms with van der Waals surface area (Å²) in [6.45, 7) is 2.11. The molecule has 2 aromatic heterocycles. The molecule has 2 heterocycles. The van der Waals surface area contributed by atoms with Crippen LogP contribution in [0.3, 0.4) is 0 Å². The molecule has 0 saturated carbocycles. The number of hydrogen-bond donors (Lipinski definition) is 0. The third-order valence-electron chi connectivity index (χ3n) is 1.85. The predicted molar refractivity (Wildman–Crippen MR) is 53.7 cm³/mol. The maximum absolute atomic E-state index is 4.46. The van der Waals surface area contributed by atoms with Crippen LogP contribution in [0, 0.1) is 0 Å². The van der Waals surface area contributed by atoms with E-state index < -0.39 is 0 Å². The van der Waals surface area contributed by atoms with Crippen molar-refractivity contribution in [3.63, 3.8) is 0 Å². The topological polar surface area (TPSA) is 30.7 Å². The average Bonchev–Trinajstić information content (AvgIpc) is 2.71. The van der Waals surface area contributed by atoms with Crippen LogP contribution in [-0.4, -0.2) is 14.8 Å². The van der Waals surface area contributed by atoms with Crippen molar-refractivity contribution in [1.29, 1.82) is 0 Å². The Labute approximate surface area is 81.1 Å². The van der Waals surface area contributed by atoms with E-state index in [0.717, 1.165) is 22.8 Å². The molecule has 3 nitrogen and oxygen atoms in total. The summed E-state index contributed by atoms with van der Waals surface area (Å²) >= 11 is 1.65. The number of aromatic nitrogens is 3. The number of thiazole rings is 1. The third-order valence-corrected chi connectivity index (χ3v) is 2.76. The average molecular weight is 193 g/mol. The van der Waals surface area contributed by atoms with Crippen molar-refractivity contribution in [2.45, 2.75) is 13.3 Å². The lowest BCUT2D eigenvalue weighted by Gasteiger charge is -1.87. The van der Waals surface area contributed by atoms with Crippen LogP contribution in [0.25, 0.3) is 10.7 Å². The van der Waals surface area contributed by atoms with Crippen LogP contribution in [0.15, 0.2) is 17.6 Å². The third kappa shape index (κ3) is 1.62. The molecule has 2 aromatic rings. The van der Waals surface area contributed by atoms with Crippen LogP contribution in [0.4, 0.5) is 0 Å². The van der Waals surface area contributed by atoms with Gasteiger partial charge in [-0.2, -0.15) is 5.10 Å². The van der Waals surface area contributed by atoms with E-state index >= 15 is 0 Å². The van der Waals surface area contributed by atoms with E-state index in [1.165, 1.54) is 0 Å². The van der Waals surface area contributed by atoms with Gasteiger partial charge in [-0.15, -0.1) is 11.3 Å². The quantitative estimate of drug-likeness (QED) is 0.731. The molecular formula is C9H11N3S. The highest BCUT2D eigenvalue weighted by molar-refractivity contribution is 7.13. The van der Waals surface area contributed by atoms with Crippen molar-refractivity contribution in [2.24, 2.45) is 7.05 Å². The Morgan fingerprint density at radius 3 is 2.92 bits per heavy atom. The molecule has 0 aromatic carbocycles. The molecular weight excluding hydrogens is 182 g/mol. The van der Waals surface area contributed by atoms with E-state index in [1.54, 1.807) is 16.0 Å². The van der Waals surface area contributed by atoms with Gasteiger partial charge >= 0.3 is 0 Å². The lowest BCUT2D eigenvalue weighted by molar-refractivity contribution is 0.770. The lowest BCUT2D eigenvalue weighted by Crippen LogP contribution is -1.87. The second-order valence-corrected chi connectivity index (χ2v) is 3.73. The van der Waals surface area contributed by atoms with Gasteiger partial charge in [0.15, 0.2) is 0 Å². The SMILES string of the molecule is CCc1csc(-c2ccn(C)n2)n1. The zero-order chi connectivity index (χ0) is 9.26. The minimum absolute atomic E-state index is 0.965. The molecule has 0 aliphatic heterocycles. The molecule has 0 saturated heterocycles. The van der Waals surface area contributed by atoms with Gasteiger partial charge in [0, 0.05) is 18.6 Å². The van der Waals surface area contributed by atoms with Crippen LogP contribution >= 0.6 is 11.3 Å². The van der Waals surface area contributed by atoms with Gasteiger partial charge in [-0.3, -0.25) is 4.68 Å². The normalized spacial score (nSPS) is 10.6.